The van der Waals surface area contributed by atoms with Crippen molar-refractivity contribution in [3.8, 4) is 0 Å². The number of thioether (sulfide) groups is 1. The number of halogens is 3. The van der Waals surface area contributed by atoms with Crippen LogP contribution in [0.3, 0.4) is 0 Å². The Morgan fingerprint density at radius 2 is 1.78 bits per heavy atom. The molecule has 1 unspecified atom stereocenters. The van der Waals surface area contributed by atoms with E-state index in [-0.39, 0.29) is 35.3 Å². The summed E-state index contributed by atoms with van der Waals surface area (Å²) >= 11 is -0.140. The molecule has 2 nitrogen and oxygen atoms in total. The molecule has 6 heteroatoms. The Kier molecular flexibility index (Phi) is 5.49. The van der Waals surface area contributed by atoms with Crippen molar-refractivity contribution in [2.75, 3.05) is 6.61 Å². The van der Waals surface area contributed by atoms with Gasteiger partial charge in [0, 0.05) is 10.9 Å². The Bertz CT molecular complexity index is 365. The molecule has 0 radical (unpaired) electrons. The molecule has 1 atom stereocenters. The first-order chi connectivity index (χ1) is 8.31. The van der Waals surface area contributed by atoms with Crippen LogP contribution in [0.15, 0.2) is 29.2 Å². The molecule has 0 fully saturated rings. The molecule has 1 rings (SSSR count). The summed E-state index contributed by atoms with van der Waals surface area (Å²) in [6.45, 7) is 3.79. The van der Waals surface area contributed by atoms with Crippen LogP contribution in [0.25, 0.3) is 0 Å². The average Bonchev–Trinajstić information content (AvgIpc) is 2.24. The summed E-state index contributed by atoms with van der Waals surface area (Å²) < 4.78 is 36.4. The Labute approximate surface area is 109 Å². The van der Waals surface area contributed by atoms with Crippen LogP contribution in [0.5, 0.6) is 0 Å². The molecule has 18 heavy (non-hydrogen) atoms. The smallest absolute Gasteiger partial charge is 0.394 e. The maximum Gasteiger partial charge on any atom is 0.446 e. The lowest BCUT2D eigenvalue weighted by Gasteiger charge is -2.19. The second-order valence-corrected chi connectivity index (χ2v) is 5.31. The zero-order valence-corrected chi connectivity index (χ0v) is 11.0. The van der Waals surface area contributed by atoms with E-state index in [1.54, 1.807) is 12.1 Å². The molecule has 1 aromatic rings. The second kappa shape index (κ2) is 6.45. The Hall–Kier alpha value is -0.720. The van der Waals surface area contributed by atoms with Crippen LogP contribution in [0, 0.1) is 0 Å². The molecule has 0 heterocycles. The molecule has 0 aliphatic rings. The molecule has 0 saturated heterocycles. The Balaban J connectivity index is 2.74. The number of alkyl halides is 3. The van der Waals surface area contributed by atoms with Crippen molar-refractivity contribution < 1.29 is 18.3 Å². The molecule has 0 saturated carbocycles. The number of hydrogen-bond donors (Lipinski definition) is 2. The predicted molar refractivity (Wildman–Crippen MR) is 66.5 cm³/mol. The topological polar surface area (TPSA) is 32.3 Å². The highest BCUT2D eigenvalue weighted by atomic mass is 32.2. The minimum absolute atomic E-state index is 0.0933. The van der Waals surface area contributed by atoms with Crippen molar-refractivity contribution in [3.05, 3.63) is 29.8 Å². The van der Waals surface area contributed by atoms with Gasteiger partial charge in [0.1, 0.15) is 0 Å². The van der Waals surface area contributed by atoms with Crippen molar-refractivity contribution in [2.45, 2.75) is 36.3 Å². The number of aliphatic hydroxyl groups excluding tert-OH is 1. The largest absolute Gasteiger partial charge is 0.446 e. The lowest BCUT2D eigenvalue weighted by atomic mass is 10.1. The summed E-state index contributed by atoms with van der Waals surface area (Å²) in [4.78, 5) is 0.146. The fraction of sp³-hybridized carbons (Fsp3) is 0.500. The van der Waals surface area contributed by atoms with Gasteiger partial charge >= 0.3 is 5.51 Å². The standard InChI is InChI=1S/C12H16F3NOS/c1-8(2)16-11(7-17)9-3-5-10(6-4-9)18-12(13,14)15/h3-6,8,11,16-17H,7H2,1-2H3. The number of rotatable bonds is 5. The highest BCUT2D eigenvalue weighted by molar-refractivity contribution is 8.00. The molecule has 102 valence electrons. The average molecular weight is 279 g/mol. The second-order valence-electron chi connectivity index (χ2n) is 4.17. The zero-order valence-electron chi connectivity index (χ0n) is 10.2. The Morgan fingerprint density at radius 3 is 2.17 bits per heavy atom. The number of hydrogen-bond acceptors (Lipinski definition) is 3. The van der Waals surface area contributed by atoms with Gasteiger partial charge in [-0.1, -0.05) is 26.0 Å². The van der Waals surface area contributed by atoms with Crippen molar-refractivity contribution in [3.63, 3.8) is 0 Å². The van der Waals surface area contributed by atoms with E-state index in [2.05, 4.69) is 5.32 Å². The molecule has 1 aromatic carbocycles. The van der Waals surface area contributed by atoms with Crippen molar-refractivity contribution >= 4 is 11.8 Å². The van der Waals surface area contributed by atoms with E-state index in [0.717, 1.165) is 5.56 Å². The highest BCUT2D eigenvalue weighted by Gasteiger charge is 2.29. The van der Waals surface area contributed by atoms with Crippen LogP contribution >= 0.6 is 11.8 Å². The first-order valence-electron chi connectivity index (χ1n) is 5.54. The van der Waals surface area contributed by atoms with E-state index in [1.807, 2.05) is 13.8 Å². The van der Waals surface area contributed by atoms with Crippen LogP contribution < -0.4 is 5.32 Å². The lowest BCUT2D eigenvalue weighted by Crippen LogP contribution is -2.30. The van der Waals surface area contributed by atoms with Crippen molar-refractivity contribution in [1.29, 1.82) is 0 Å². The molecule has 0 spiro atoms. The minimum Gasteiger partial charge on any atom is -0.394 e. The van der Waals surface area contributed by atoms with E-state index < -0.39 is 5.51 Å². The van der Waals surface area contributed by atoms with E-state index in [4.69, 9.17) is 0 Å². The SMILES string of the molecule is CC(C)NC(CO)c1ccc(SC(F)(F)F)cc1. The number of aliphatic hydroxyl groups is 1. The first-order valence-corrected chi connectivity index (χ1v) is 6.36. The van der Waals surface area contributed by atoms with E-state index in [1.165, 1.54) is 12.1 Å². The van der Waals surface area contributed by atoms with Gasteiger partial charge < -0.3 is 10.4 Å². The third kappa shape index (κ3) is 5.29. The van der Waals surface area contributed by atoms with Crippen LogP contribution in [0.4, 0.5) is 13.2 Å². The first kappa shape index (κ1) is 15.3. The quantitative estimate of drug-likeness (QED) is 0.811. The van der Waals surface area contributed by atoms with Gasteiger partial charge in [-0.2, -0.15) is 13.2 Å². The maximum absolute atomic E-state index is 12.1. The lowest BCUT2D eigenvalue weighted by molar-refractivity contribution is -0.0328. The van der Waals surface area contributed by atoms with Crippen molar-refractivity contribution in [2.24, 2.45) is 0 Å². The molecule has 0 bridgehead atoms. The van der Waals surface area contributed by atoms with Gasteiger partial charge in [-0.05, 0) is 29.5 Å². The van der Waals surface area contributed by atoms with Crippen LogP contribution in [0.1, 0.15) is 25.5 Å². The molecule has 0 aromatic heterocycles. The fourth-order valence-corrected chi connectivity index (χ4v) is 2.10. The molecule has 2 N–H and O–H groups in total. The monoisotopic (exact) mass is 279 g/mol. The van der Waals surface area contributed by atoms with Crippen LogP contribution in [-0.4, -0.2) is 23.3 Å². The zero-order chi connectivity index (χ0) is 13.8. The fourth-order valence-electron chi connectivity index (χ4n) is 1.56. The summed E-state index contributed by atoms with van der Waals surface area (Å²) in [5, 5.41) is 12.4. The number of nitrogens with one attached hydrogen (secondary N) is 1. The summed E-state index contributed by atoms with van der Waals surface area (Å²) in [6, 6.07) is 5.96. The molecule has 0 aliphatic carbocycles. The van der Waals surface area contributed by atoms with Gasteiger partial charge in [0.15, 0.2) is 0 Å². The molecule has 0 amide bonds. The van der Waals surface area contributed by atoms with Crippen molar-refractivity contribution in [1.82, 2.24) is 5.32 Å². The van der Waals surface area contributed by atoms with E-state index in [0.29, 0.717) is 0 Å². The van der Waals surface area contributed by atoms with Gasteiger partial charge in [-0.15, -0.1) is 0 Å². The maximum atomic E-state index is 12.1. The molecular weight excluding hydrogens is 263 g/mol. The summed E-state index contributed by atoms with van der Waals surface area (Å²) in [5.41, 5.74) is -3.49. The molecule has 0 aliphatic heterocycles. The van der Waals surface area contributed by atoms with E-state index in [9.17, 15) is 18.3 Å². The Morgan fingerprint density at radius 1 is 1.22 bits per heavy atom. The van der Waals surface area contributed by atoms with Gasteiger partial charge in [0.2, 0.25) is 0 Å². The normalized spacial score (nSPS) is 13.9. The number of benzene rings is 1. The summed E-state index contributed by atoms with van der Waals surface area (Å²) in [5.74, 6) is 0. The van der Waals surface area contributed by atoms with E-state index >= 15 is 0 Å². The van der Waals surface area contributed by atoms with Crippen LogP contribution in [0.2, 0.25) is 0 Å². The van der Waals surface area contributed by atoms with Gasteiger partial charge in [0.25, 0.3) is 0 Å². The molecular formula is C12H16F3NOS. The minimum atomic E-state index is -4.27. The van der Waals surface area contributed by atoms with Gasteiger partial charge in [0.05, 0.1) is 12.6 Å². The third-order valence-electron chi connectivity index (χ3n) is 2.23. The summed E-state index contributed by atoms with van der Waals surface area (Å²) in [7, 11) is 0. The predicted octanol–water partition coefficient (Wildman–Crippen LogP) is 3.33. The van der Waals surface area contributed by atoms with Gasteiger partial charge in [-0.3, -0.25) is 0 Å². The summed E-state index contributed by atoms with van der Waals surface area (Å²) in [6.07, 6.45) is 0. The van der Waals surface area contributed by atoms with Crippen LogP contribution in [-0.2, 0) is 0 Å². The highest BCUT2D eigenvalue weighted by Crippen LogP contribution is 2.36. The third-order valence-corrected chi connectivity index (χ3v) is 2.97. The van der Waals surface area contributed by atoms with Gasteiger partial charge in [-0.25, -0.2) is 0 Å².